The molecule has 268 valence electrons. The van der Waals surface area contributed by atoms with Crippen LogP contribution in [0.5, 0.6) is 5.75 Å². The van der Waals surface area contributed by atoms with Crippen molar-refractivity contribution in [2.45, 2.75) is 25.2 Å². The quantitative estimate of drug-likeness (QED) is 0.132. The maximum absolute atomic E-state index is 6.78. The number of para-hydroxylation sites is 3. The van der Waals surface area contributed by atoms with E-state index in [1.165, 1.54) is 27.4 Å². The normalized spacial score (nSPS) is 16.0. The molecule has 0 amide bonds. The van der Waals surface area contributed by atoms with Crippen LogP contribution in [0.4, 0.5) is 0 Å². The van der Waals surface area contributed by atoms with Crippen LogP contribution < -0.4 is 10.5 Å². The summed E-state index contributed by atoms with van der Waals surface area (Å²) in [5.74, 6) is 2.24. The Bertz CT molecular complexity index is 2890. The first-order chi connectivity index (χ1) is 27.7. The van der Waals surface area contributed by atoms with Gasteiger partial charge < -0.3 is 15.0 Å². The average Bonchev–Trinajstić information content (AvgIpc) is 3.81. The molecule has 3 nitrogen and oxygen atoms in total. The number of allylic oxidation sites excluding steroid dienone is 10. The average molecular weight is 721 g/mol. The van der Waals surface area contributed by atoms with E-state index in [9.17, 15) is 0 Å². The summed E-state index contributed by atoms with van der Waals surface area (Å²) in [5, 5.41) is 2.43. The molecule has 0 bridgehead atoms. The molecule has 0 spiro atoms. The van der Waals surface area contributed by atoms with Crippen LogP contribution in [-0.4, -0.2) is 4.57 Å². The monoisotopic (exact) mass is 720 g/mol. The van der Waals surface area contributed by atoms with Gasteiger partial charge in [0.15, 0.2) is 0 Å². The minimum atomic E-state index is 0.235. The molecule has 0 saturated carbocycles. The second kappa shape index (κ2) is 14.3. The number of nitrogens with zero attached hydrogens (tertiary/aromatic N) is 1. The van der Waals surface area contributed by atoms with Crippen molar-refractivity contribution in [1.29, 1.82) is 0 Å². The van der Waals surface area contributed by atoms with Gasteiger partial charge in [-0.25, -0.2) is 0 Å². The van der Waals surface area contributed by atoms with E-state index in [-0.39, 0.29) is 5.92 Å². The highest BCUT2D eigenvalue weighted by atomic mass is 16.5. The summed E-state index contributed by atoms with van der Waals surface area (Å²) in [4.78, 5) is 0. The van der Waals surface area contributed by atoms with Crippen LogP contribution in [0.1, 0.15) is 47.4 Å². The molecule has 7 aromatic rings. The standard InChI is InChI=1S/C53H40N2O/c54-48(35-41(37-16-5-2-6-17-37)27-26-36-14-3-1-4-15-36)39-30-28-38(29-31-39)40-32-33-51-47(34-40)43-19-8-11-24-50(43)55(51)49-23-10-7-18-42(49)45-21-13-22-46-44-20-9-12-25-52(44)56-53(45)46/h1-3,5-14,16-21,23-26,28-35,46H,4,15,22,54H2/b48-35-. The van der Waals surface area contributed by atoms with E-state index < -0.39 is 0 Å². The Kier molecular flexibility index (Phi) is 8.56. The van der Waals surface area contributed by atoms with Crippen LogP contribution in [0.25, 0.3) is 55.5 Å². The predicted octanol–water partition coefficient (Wildman–Crippen LogP) is 13.1. The SMILES string of the molecule is N/C(=C\C(=C=CC1=CC=CCC1)c1ccccc1)c1ccc(-c2ccc3c(c2)c2ccccc2n3-c2ccccc2C2=C3Oc4ccccc4C3CC=C2)cc1. The number of hydrogen-bond acceptors (Lipinski definition) is 2. The lowest BCUT2D eigenvalue weighted by Gasteiger charge is -2.21. The number of rotatable bonds is 7. The van der Waals surface area contributed by atoms with Gasteiger partial charge >= 0.3 is 0 Å². The second-order valence-corrected chi connectivity index (χ2v) is 14.7. The van der Waals surface area contributed by atoms with Crippen LogP contribution in [0.2, 0.25) is 0 Å². The summed E-state index contributed by atoms with van der Waals surface area (Å²) in [5.41, 5.74) is 24.7. The predicted molar refractivity (Wildman–Crippen MR) is 233 cm³/mol. The Morgan fingerprint density at radius 1 is 0.714 bits per heavy atom. The second-order valence-electron chi connectivity index (χ2n) is 14.7. The highest BCUT2D eigenvalue weighted by Gasteiger charge is 2.33. The summed E-state index contributed by atoms with van der Waals surface area (Å²) < 4.78 is 9.00. The van der Waals surface area contributed by atoms with Crippen LogP contribution >= 0.6 is 0 Å². The summed E-state index contributed by atoms with van der Waals surface area (Å²) in [6.07, 6.45) is 18.2. The maximum Gasteiger partial charge on any atom is 0.130 e. The van der Waals surface area contributed by atoms with Crippen molar-refractivity contribution < 1.29 is 4.74 Å². The fourth-order valence-corrected chi connectivity index (χ4v) is 8.44. The van der Waals surface area contributed by atoms with E-state index in [4.69, 9.17) is 10.5 Å². The van der Waals surface area contributed by atoms with Gasteiger partial charge in [0.25, 0.3) is 0 Å². The van der Waals surface area contributed by atoms with E-state index in [0.717, 1.165) is 80.9 Å². The molecule has 0 saturated heterocycles. The van der Waals surface area contributed by atoms with Crippen molar-refractivity contribution in [2.24, 2.45) is 5.73 Å². The van der Waals surface area contributed by atoms with E-state index in [1.54, 1.807) is 0 Å². The van der Waals surface area contributed by atoms with Gasteiger partial charge in [-0.3, -0.25) is 0 Å². The van der Waals surface area contributed by atoms with Crippen molar-refractivity contribution >= 4 is 38.6 Å². The summed E-state index contributed by atoms with van der Waals surface area (Å²) >= 11 is 0. The Hall–Kier alpha value is -7.06. The highest BCUT2D eigenvalue weighted by molar-refractivity contribution is 6.11. The molecule has 2 heterocycles. The number of benzene rings is 6. The topological polar surface area (TPSA) is 40.2 Å². The highest BCUT2D eigenvalue weighted by Crippen LogP contribution is 2.49. The van der Waals surface area contributed by atoms with Crippen molar-refractivity contribution in [3.05, 3.63) is 227 Å². The Morgan fingerprint density at radius 3 is 2.36 bits per heavy atom. The Labute approximate surface area is 327 Å². The van der Waals surface area contributed by atoms with E-state index >= 15 is 0 Å². The smallest absolute Gasteiger partial charge is 0.130 e. The van der Waals surface area contributed by atoms with Crippen LogP contribution in [0.3, 0.4) is 0 Å². The number of nitrogens with two attached hydrogens (primary N) is 1. The summed E-state index contributed by atoms with van der Waals surface area (Å²) in [7, 11) is 0. The lowest BCUT2D eigenvalue weighted by Crippen LogP contribution is -2.07. The first-order valence-electron chi connectivity index (χ1n) is 19.5. The Morgan fingerprint density at radius 2 is 1.48 bits per heavy atom. The van der Waals surface area contributed by atoms with Crippen molar-refractivity contribution in [3.63, 3.8) is 0 Å². The zero-order valence-electron chi connectivity index (χ0n) is 31.0. The van der Waals surface area contributed by atoms with Gasteiger partial charge in [0.05, 0.1) is 16.7 Å². The number of fused-ring (bicyclic) bond motifs is 6. The van der Waals surface area contributed by atoms with Gasteiger partial charge in [0, 0.05) is 44.7 Å². The summed E-state index contributed by atoms with van der Waals surface area (Å²) in [6, 6.07) is 51.7. The lowest BCUT2D eigenvalue weighted by molar-refractivity contribution is 0.429. The third kappa shape index (κ3) is 6.05. The molecule has 10 rings (SSSR count). The summed E-state index contributed by atoms with van der Waals surface area (Å²) in [6.45, 7) is 0. The molecule has 2 aliphatic carbocycles. The van der Waals surface area contributed by atoms with Gasteiger partial charge in [-0.2, -0.15) is 0 Å². The molecule has 0 radical (unpaired) electrons. The molecular weight excluding hydrogens is 681 g/mol. The molecule has 3 heteroatoms. The van der Waals surface area contributed by atoms with Crippen LogP contribution in [0.15, 0.2) is 205 Å². The van der Waals surface area contributed by atoms with E-state index in [2.05, 4.69) is 186 Å². The van der Waals surface area contributed by atoms with E-state index in [1.807, 2.05) is 12.1 Å². The van der Waals surface area contributed by atoms with Gasteiger partial charge in [-0.1, -0.05) is 146 Å². The fraction of sp³-hybridized carbons (Fsp3) is 0.0755. The molecule has 56 heavy (non-hydrogen) atoms. The van der Waals surface area contributed by atoms with Gasteiger partial charge in [-0.15, -0.1) is 5.73 Å². The first kappa shape index (κ1) is 33.5. The zero-order valence-corrected chi connectivity index (χ0v) is 31.0. The zero-order chi connectivity index (χ0) is 37.4. The molecule has 1 unspecified atom stereocenters. The number of ether oxygens (including phenoxy) is 1. The molecule has 1 aromatic heterocycles. The van der Waals surface area contributed by atoms with Crippen molar-refractivity contribution in [1.82, 2.24) is 4.57 Å². The molecule has 6 aromatic carbocycles. The maximum atomic E-state index is 6.78. The van der Waals surface area contributed by atoms with Gasteiger partial charge in [0.1, 0.15) is 11.5 Å². The Balaban J connectivity index is 1.02. The first-order valence-corrected chi connectivity index (χ1v) is 19.5. The van der Waals surface area contributed by atoms with Gasteiger partial charge in [0.2, 0.25) is 0 Å². The number of hydrogen-bond donors (Lipinski definition) is 1. The minimum absolute atomic E-state index is 0.235. The minimum Gasteiger partial charge on any atom is -0.460 e. The van der Waals surface area contributed by atoms with Crippen molar-refractivity contribution in [3.8, 4) is 22.6 Å². The molecule has 1 atom stereocenters. The molecule has 2 N–H and O–H groups in total. The van der Waals surface area contributed by atoms with Crippen LogP contribution in [0, 0.1) is 0 Å². The van der Waals surface area contributed by atoms with Gasteiger partial charge in [-0.05, 0) is 89.6 Å². The van der Waals surface area contributed by atoms with E-state index in [0.29, 0.717) is 5.70 Å². The molecule has 0 fully saturated rings. The largest absolute Gasteiger partial charge is 0.460 e. The molecular formula is C53H40N2O. The lowest BCUT2D eigenvalue weighted by atomic mass is 9.86. The van der Waals surface area contributed by atoms with Crippen molar-refractivity contribution in [2.75, 3.05) is 0 Å². The molecule has 1 aliphatic heterocycles. The van der Waals surface area contributed by atoms with Crippen LogP contribution in [-0.2, 0) is 0 Å². The number of aromatic nitrogens is 1. The fourth-order valence-electron chi connectivity index (χ4n) is 8.44. The third-order valence-corrected chi connectivity index (χ3v) is 11.3. The molecule has 3 aliphatic rings. The third-order valence-electron chi connectivity index (χ3n) is 11.3.